The molecule has 7 aromatic carbocycles. The second-order valence-electron chi connectivity index (χ2n) is 13.6. The Hall–Kier alpha value is -6.32. The number of benzene rings is 7. The maximum absolute atomic E-state index is 6.26. The number of rotatable bonds is 7. The Bertz CT molecular complexity index is 2730. The normalized spacial score (nSPS) is 12.4. The van der Waals surface area contributed by atoms with Gasteiger partial charge in [0.1, 0.15) is 11.2 Å². The molecule has 3 nitrogen and oxygen atoms in total. The van der Waals surface area contributed by atoms with E-state index in [1.54, 1.807) is 0 Å². The van der Waals surface area contributed by atoms with Crippen molar-refractivity contribution in [3.05, 3.63) is 175 Å². The van der Waals surface area contributed by atoms with Crippen LogP contribution in [0.25, 0.3) is 82.5 Å². The fourth-order valence-electron chi connectivity index (χ4n) is 8.21. The molecule has 0 saturated carbocycles. The molecular weight excluding hydrogens is 621 g/mol. The van der Waals surface area contributed by atoms with Crippen molar-refractivity contribution in [3.8, 4) is 11.4 Å². The average molecular weight is 657 g/mol. The number of furan rings is 1. The van der Waals surface area contributed by atoms with E-state index in [4.69, 9.17) is 4.42 Å². The van der Waals surface area contributed by atoms with Gasteiger partial charge < -0.3 is 13.6 Å². The van der Waals surface area contributed by atoms with Crippen molar-refractivity contribution in [1.29, 1.82) is 0 Å². The lowest BCUT2D eigenvalue weighted by atomic mass is 9.97. The lowest BCUT2D eigenvalue weighted by Gasteiger charge is -2.17. The van der Waals surface area contributed by atoms with Crippen LogP contribution in [0.5, 0.6) is 0 Å². The molecule has 0 aliphatic carbocycles. The Kier molecular flexibility index (Phi) is 6.92. The van der Waals surface area contributed by atoms with Crippen molar-refractivity contribution in [3.63, 3.8) is 0 Å². The quantitative estimate of drug-likeness (QED) is 0.167. The highest BCUT2D eigenvalue weighted by molar-refractivity contribution is 6.11. The number of para-hydroxylation sites is 5. The number of aromatic nitrogens is 2. The van der Waals surface area contributed by atoms with E-state index >= 15 is 0 Å². The van der Waals surface area contributed by atoms with E-state index in [1.165, 1.54) is 71.1 Å². The van der Waals surface area contributed by atoms with Gasteiger partial charge in [0, 0.05) is 43.7 Å². The Labute approximate surface area is 296 Å². The summed E-state index contributed by atoms with van der Waals surface area (Å²) in [4.78, 5) is 0. The zero-order chi connectivity index (χ0) is 33.9. The predicted octanol–water partition coefficient (Wildman–Crippen LogP) is 13.2. The lowest BCUT2D eigenvalue weighted by molar-refractivity contribution is 0.668. The van der Waals surface area contributed by atoms with E-state index < -0.39 is 0 Å². The molecule has 10 rings (SSSR count). The van der Waals surface area contributed by atoms with Crippen LogP contribution in [0.15, 0.2) is 168 Å². The molecule has 3 heteroatoms. The van der Waals surface area contributed by atoms with E-state index in [0.29, 0.717) is 0 Å². The largest absolute Gasteiger partial charge is 0.456 e. The standard InChI is InChI=1S/C48H36N2O/c1-2-13-33(26-24-32-25-27-42-41-18-7-12-23-47(41)51-48(42)28-32)34-29-35(49-43-19-8-3-14-37(43)38-15-4-9-20-44(38)49)31-36(30-34)50-45-21-10-5-16-39(45)40-17-6-11-22-46(40)50/h3-12,14-23,25-31H,2,13,24H2,1H3/b33-26+. The highest BCUT2D eigenvalue weighted by Gasteiger charge is 2.18. The number of fused-ring (bicyclic) bond motifs is 9. The van der Waals surface area contributed by atoms with Gasteiger partial charge in [-0.3, -0.25) is 0 Å². The molecule has 51 heavy (non-hydrogen) atoms. The first-order valence-electron chi connectivity index (χ1n) is 18.0. The topological polar surface area (TPSA) is 23.0 Å². The summed E-state index contributed by atoms with van der Waals surface area (Å²) in [5, 5.41) is 7.40. The minimum atomic E-state index is 0.826. The summed E-state index contributed by atoms with van der Waals surface area (Å²) in [6, 6.07) is 57.3. The van der Waals surface area contributed by atoms with Gasteiger partial charge in [-0.2, -0.15) is 0 Å². The van der Waals surface area contributed by atoms with Crippen molar-refractivity contribution in [2.75, 3.05) is 0 Å². The molecule has 0 aliphatic heterocycles. The van der Waals surface area contributed by atoms with E-state index in [2.05, 4.69) is 168 Å². The summed E-state index contributed by atoms with van der Waals surface area (Å²) in [6.07, 6.45) is 5.30. The zero-order valence-electron chi connectivity index (χ0n) is 28.5. The maximum Gasteiger partial charge on any atom is 0.135 e. The van der Waals surface area contributed by atoms with Crippen LogP contribution in [0.1, 0.15) is 30.9 Å². The molecule has 0 N–H and O–H groups in total. The summed E-state index contributed by atoms with van der Waals surface area (Å²) >= 11 is 0. The molecule has 0 amide bonds. The van der Waals surface area contributed by atoms with Crippen molar-refractivity contribution in [1.82, 2.24) is 9.13 Å². The second kappa shape index (κ2) is 11.9. The van der Waals surface area contributed by atoms with Crippen molar-refractivity contribution in [2.24, 2.45) is 0 Å². The fourth-order valence-corrected chi connectivity index (χ4v) is 8.21. The molecule has 0 atom stereocenters. The molecule has 0 unspecified atom stereocenters. The average Bonchev–Trinajstić information content (AvgIpc) is 3.84. The lowest BCUT2D eigenvalue weighted by Crippen LogP contribution is -2.01. The fraction of sp³-hybridized carbons (Fsp3) is 0.0833. The van der Waals surface area contributed by atoms with Gasteiger partial charge in [0.05, 0.1) is 22.1 Å². The first kappa shape index (κ1) is 29.6. The summed E-state index contributed by atoms with van der Waals surface area (Å²) in [5.74, 6) is 0. The number of allylic oxidation sites excluding steroid dienone is 2. The van der Waals surface area contributed by atoms with Gasteiger partial charge >= 0.3 is 0 Å². The first-order valence-corrected chi connectivity index (χ1v) is 18.0. The number of hydrogen-bond donors (Lipinski definition) is 0. The minimum Gasteiger partial charge on any atom is -0.456 e. The van der Waals surface area contributed by atoms with E-state index in [0.717, 1.165) is 41.8 Å². The Morgan fingerprint density at radius 3 is 1.49 bits per heavy atom. The van der Waals surface area contributed by atoms with E-state index in [1.807, 2.05) is 12.1 Å². The molecule has 244 valence electrons. The van der Waals surface area contributed by atoms with Crippen LogP contribution >= 0.6 is 0 Å². The first-order chi connectivity index (χ1) is 25.2. The molecular formula is C48H36N2O. The highest BCUT2D eigenvalue weighted by Crippen LogP contribution is 2.38. The van der Waals surface area contributed by atoms with E-state index in [9.17, 15) is 0 Å². The van der Waals surface area contributed by atoms with E-state index in [-0.39, 0.29) is 0 Å². The minimum absolute atomic E-state index is 0.826. The van der Waals surface area contributed by atoms with Crippen LogP contribution in [-0.2, 0) is 6.42 Å². The van der Waals surface area contributed by atoms with Gasteiger partial charge in [-0.25, -0.2) is 0 Å². The van der Waals surface area contributed by atoms with Gasteiger partial charge in [0.25, 0.3) is 0 Å². The molecule has 10 aromatic rings. The second-order valence-corrected chi connectivity index (χ2v) is 13.6. The number of nitrogens with zero attached hydrogens (tertiary/aromatic N) is 2. The monoisotopic (exact) mass is 656 g/mol. The summed E-state index contributed by atoms with van der Waals surface area (Å²) in [6.45, 7) is 2.28. The Balaban J connectivity index is 1.19. The number of hydrogen-bond acceptors (Lipinski definition) is 1. The van der Waals surface area contributed by atoms with Crippen LogP contribution in [0.4, 0.5) is 0 Å². The molecule has 0 bridgehead atoms. The third-order valence-electron chi connectivity index (χ3n) is 10.5. The summed E-state index contributed by atoms with van der Waals surface area (Å²) < 4.78 is 11.2. The van der Waals surface area contributed by atoms with Crippen LogP contribution in [0.2, 0.25) is 0 Å². The highest BCUT2D eigenvalue weighted by atomic mass is 16.3. The molecule has 0 spiro atoms. The SMILES string of the molecule is CCC/C(=C\Cc1ccc2c(c1)oc1ccccc12)c1cc(-n2c3ccccc3c3ccccc32)cc(-n2c3ccccc3c3ccccc32)c1. The molecule has 0 saturated heterocycles. The Morgan fingerprint density at radius 2 is 0.961 bits per heavy atom. The zero-order valence-corrected chi connectivity index (χ0v) is 28.5. The van der Waals surface area contributed by atoms with Crippen LogP contribution in [0.3, 0.4) is 0 Å². The van der Waals surface area contributed by atoms with Gasteiger partial charge in [0.15, 0.2) is 0 Å². The smallest absolute Gasteiger partial charge is 0.135 e. The molecule has 3 aromatic heterocycles. The summed E-state index contributed by atoms with van der Waals surface area (Å²) in [7, 11) is 0. The van der Waals surface area contributed by atoms with Crippen LogP contribution in [-0.4, -0.2) is 9.13 Å². The van der Waals surface area contributed by atoms with Crippen LogP contribution in [0, 0.1) is 0 Å². The van der Waals surface area contributed by atoms with Crippen molar-refractivity contribution >= 4 is 71.1 Å². The van der Waals surface area contributed by atoms with Crippen molar-refractivity contribution in [2.45, 2.75) is 26.2 Å². The third kappa shape index (κ3) is 4.80. The van der Waals surface area contributed by atoms with Gasteiger partial charge in [0.2, 0.25) is 0 Å². The van der Waals surface area contributed by atoms with Gasteiger partial charge in [-0.05, 0) is 84.1 Å². The van der Waals surface area contributed by atoms with Gasteiger partial charge in [-0.1, -0.05) is 123 Å². The van der Waals surface area contributed by atoms with Crippen molar-refractivity contribution < 1.29 is 4.42 Å². The molecule has 0 fully saturated rings. The molecule has 0 radical (unpaired) electrons. The van der Waals surface area contributed by atoms with Crippen LogP contribution < -0.4 is 0 Å². The summed E-state index contributed by atoms with van der Waals surface area (Å²) in [5.41, 5.74) is 12.9. The Morgan fingerprint density at radius 1 is 0.490 bits per heavy atom. The third-order valence-corrected chi connectivity index (χ3v) is 10.5. The molecule has 0 aliphatic rings. The molecule has 3 heterocycles. The predicted molar refractivity (Wildman–Crippen MR) is 215 cm³/mol. The maximum atomic E-state index is 6.26. The van der Waals surface area contributed by atoms with Gasteiger partial charge in [-0.15, -0.1) is 0 Å².